The number of hydrogen-bond donors (Lipinski definition) is 1. The van der Waals surface area contributed by atoms with E-state index in [1.54, 1.807) is 29.2 Å². The Hall–Kier alpha value is -3.08. The molecule has 1 unspecified atom stereocenters. The van der Waals surface area contributed by atoms with Crippen LogP contribution in [0.4, 0.5) is 0 Å². The van der Waals surface area contributed by atoms with E-state index in [9.17, 15) is 14.7 Å². The van der Waals surface area contributed by atoms with Gasteiger partial charge in [-0.15, -0.1) is 0 Å². The van der Waals surface area contributed by atoms with Gasteiger partial charge in [-0.25, -0.2) is 0 Å². The first kappa shape index (κ1) is 21.2. The lowest BCUT2D eigenvalue weighted by Gasteiger charge is -2.35. The fourth-order valence-electron chi connectivity index (χ4n) is 4.67. The predicted octanol–water partition coefficient (Wildman–Crippen LogP) is 5.23. The summed E-state index contributed by atoms with van der Waals surface area (Å²) >= 11 is 0. The lowest BCUT2D eigenvalue weighted by molar-refractivity contribution is -0.141. The monoisotopic (exact) mass is 419 g/mol. The van der Waals surface area contributed by atoms with Crippen LogP contribution in [0.25, 0.3) is 5.76 Å². The minimum atomic E-state index is -0.612. The molecule has 1 saturated carbocycles. The van der Waals surface area contributed by atoms with Gasteiger partial charge in [-0.1, -0.05) is 49.6 Å². The molecule has 2 aromatic rings. The number of ketones is 1. The summed E-state index contributed by atoms with van der Waals surface area (Å²) in [5.74, 6) is -0.572. The van der Waals surface area contributed by atoms with Gasteiger partial charge < -0.3 is 14.7 Å². The molecule has 1 heterocycles. The Bertz CT molecular complexity index is 972. The van der Waals surface area contributed by atoms with Gasteiger partial charge in [0.15, 0.2) is 0 Å². The minimum Gasteiger partial charge on any atom is -0.507 e. The molecule has 5 nitrogen and oxygen atoms in total. The molecule has 1 aliphatic heterocycles. The van der Waals surface area contributed by atoms with Gasteiger partial charge in [0.2, 0.25) is 0 Å². The van der Waals surface area contributed by atoms with Crippen molar-refractivity contribution >= 4 is 17.4 Å². The first-order valence-corrected chi connectivity index (χ1v) is 11.1. The second-order valence-corrected chi connectivity index (χ2v) is 8.60. The molecule has 2 aromatic carbocycles. The van der Waals surface area contributed by atoms with Crippen molar-refractivity contribution in [1.82, 2.24) is 4.90 Å². The molecule has 2 aliphatic rings. The summed E-state index contributed by atoms with van der Waals surface area (Å²) in [5, 5.41) is 11.2. The molecule has 31 heavy (non-hydrogen) atoms. The van der Waals surface area contributed by atoms with Crippen LogP contribution in [0.2, 0.25) is 0 Å². The van der Waals surface area contributed by atoms with Crippen molar-refractivity contribution in [2.45, 2.75) is 64.1 Å². The normalized spacial score (nSPS) is 21.6. The first-order valence-electron chi connectivity index (χ1n) is 11.1. The highest BCUT2D eigenvalue weighted by Gasteiger charge is 2.48. The lowest BCUT2D eigenvalue weighted by atomic mass is 9.91. The van der Waals surface area contributed by atoms with Crippen molar-refractivity contribution in [2.24, 2.45) is 0 Å². The second-order valence-electron chi connectivity index (χ2n) is 8.60. The average molecular weight is 420 g/mol. The summed E-state index contributed by atoms with van der Waals surface area (Å²) < 4.78 is 5.67. The molecule has 5 heteroatoms. The molecule has 0 spiro atoms. The summed E-state index contributed by atoms with van der Waals surface area (Å²) in [4.78, 5) is 28.0. The number of carbonyl (C=O) groups excluding carboxylic acids is 2. The van der Waals surface area contributed by atoms with Crippen molar-refractivity contribution in [2.75, 3.05) is 0 Å². The van der Waals surface area contributed by atoms with Gasteiger partial charge in [0.05, 0.1) is 17.7 Å². The van der Waals surface area contributed by atoms with E-state index < -0.39 is 17.7 Å². The van der Waals surface area contributed by atoms with Crippen molar-refractivity contribution in [1.29, 1.82) is 0 Å². The summed E-state index contributed by atoms with van der Waals surface area (Å²) in [7, 11) is 0. The quantitative estimate of drug-likeness (QED) is 0.409. The van der Waals surface area contributed by atoms with E-state index in [0.717, 1.165) is 37.7 Å². The highest BCUT2D eigenvalue weighted by molar-refractivity contribution is 6.46. The van der Waals surface area contributed by atoms with Crippen molar-refractivity contribution < 1.29 is 19.4 Å². The van der Waals surface area contributed by atoms with Gasteiger partial charge in [0.25, 0.3) is 11.7 Å². The van der Waals surface area contributed by atoms with Crippen LogP contribution in [0.15, 0.2) is 60.2 Å². The van der Waals surface area contributed by atoms with E-state index in [0.29, 0.717) is 11.3 Å². The summed E-state index contributed by atoms with van der Waals surface area (Å²) in [6.45, 7) is 3.89. The Balaban J connectivity index is 1.78. The topological polar surface area (TPSA) is 66.8 Å². The largest absolute Gasteiger partial charge is 0.507 e. The van der Waals surface area contributed by atoms with E-state index in [-0.39, 0.29) is 23.5 Å². The third-order valence-electron chi connectivity index (χ3n) is 6.06. The molecular formula is C26H29NO4. The maximum atomic E-state index is 13.1. The fourth-order valence-corrected chi connectivity index (χ4v) is 4.67. The minimum absolute atomic E-state index is 0.0162. The molecule has 0 radical (unpaired) electrons. The van der Waals surface area contributed by atoms with E-state index in [1.807, 2.05) is 44.2 Å². The zero-order chi connectivity index (χ0) is 22.0. The molecule has 0 bridgehead atoms. The van der Waals surface area contributed by atoms with Crippen LogP contribution in [-0.4, -0.2) is 33.8 Å². The van der Waals surface area contributed by atoms with Crippen molar-refractivity contribution in [3.05, 3.63) is 71.3 Å². The molecule has 1 atom stereocenters. The number of nitrogens with zero attached hydrogens (tertiary/aromatic N) is 1. The smallest absolute Gasteiger partial charge is 0.295 e. The summed E-state index contributed by atoms with van der Waals surface area (Å²) in [6.07, 6.45) is 5.06. The number of benzene rings is 2. The molecule has 1 N–H and O–H groups in total. The van der Waals surface area contributed by atoms with Gasteiger partial charge in [-0.3, -0.25) is 9.59 Å². The zero-order valence-corrected chi connectivity index (χ0v) is 18.1. The van der Waals surface area contributed by atoms with Crippen molar-refractivity contribution in [3.8, 4) is 5.75 Å². The van der Waals surface area contributed by atoms with Crippen molar-refractivity contribution in [3.63, 3.8) is 0 Å². The number of hydrogen-bond acceptors (Lipinski definition) is 4. The number of carbonyl (C=O) groups is 2. The molecule has 2 fully saturated rings. The molecule has 162 valence electrons. The van der Waals surface area contributed by atoms with E-state index >= 15 is 0 Å². The standard InChI is InChI=1S/C26H29NO4/c1-17(2)31-21-15-13-19(14-16-21)24(28)22-23(18-9-5-3-6-10-18)27(26(30)25(22)29)20-11-7-4-8-12-20/h3,5-6,9-10,13-17,20,23,28H,4,7-8,11-12H2,1-2H3/b24-22-. The van der Waals surface area contributed by atoms with Crippen LogP contribution >= 0.6 is 0 Å². The summed E-state index contributed by atoms with van der Waals surface area (Å²) in [5.41, 5.74) is 1.51. The lowest BCUT2D eigenvalue weighted by Crippen LogP contribution is -2.40. The Morgan fingerprint density at radius 3 is 2.23 bits per heavy atom. The third kappa shape index (κ3) is 4.22. The highest BCUT2D eigenvalue weighted by atomic mass is 16.5. The van der Waals surface area contributed by atoms with Crippen LogP contribution in [0.5, 0.6) is 5.75 Å². The maximum Gasteiger partial charge on any atom is 0.295 e. The molecule has 1 amide bonds. The SMILES string of the molecule is CC(C)Oc1ccc(/C(O)=C2/C(=O)C(=O)N(C3CCCCC3)C2c2ccccc2)cc1. The Kier molecular flexibility index (Phi) is 6.12. The number of ether oxygens (including phenoxy) is 1. The molecule has 0 aromatic heterocycles. The first-order chi connectivity index (χ1) is 15.0. The number of rotatable bonds is 5. The fraction of sp³-hybridized carbons (Fsp3) is 0.385. The third-order valence-corrected chi connectivity index (χ3v) is 6.06. The molecular weight excluding hydrogens is 390 g/mol. The number of amides is 1. The number of aliphatic hydroxyl groups is 1. The van der Waals surface area contributed by atoms with Crippen LogP contribution in [0.3, 0.4) is 0 Å². The average Bonchev–Trinajstić information content (AvgIpc) is 3.05. The highest BCUT2D eigenvalue weighted by Crippen LogP contribution is 2.43. The van der Waals surface area contributed by atoms with Gasteiger partial charge in [-0.2, -0.15) is 0 Å². The Morgan fingerprint density at radius 1 is 0.968 bits per heavy atom. The molecule has 1 aliphatic carbocycles. The van der Waals surface area contributed by atoms with Gasteiger partial charge in [0.1, 0.15) is 11.5 Å². The molecule has 1 saturated heterocycles. The van der Waals surface area contributed by atoms with E-state index in [1.165, 1.54) is 0 Å². The number of aliphatic hydroxyl groups excluding tert-OH is 1. The number of likely N-dealkylation sites (tertiary alicyclic amines) is 1. The second kappa shape index (κ2) is 8.96. The summed E-state index contributed by atoms with van der Waals surface area (Å²) in [6, 6.07) is 16.0. The predicted molar refractivity (Wildman–Crippen MR) is 120 cm³/mol. The maximum absolute atomic E-state index is 13.1. The van der Waals surface area contributed by atoms with E-state index in [4.69, 9.17) is 4.74 Å². The van der Waals surface area contributed by atoms with E-state index in [2.05, 4.69) is 0 Å². The van der Waals surface area contributed by atoms with Gasteiger partial charge >= 0.3 is 0 Å². The zero-order valence-electron chi connectivity index (χ0n) is 18.1. The van der Waals surface area contributed by atoms with Gasteiger partial charge in [-0.05, 0) is 56.5 Å². The Morgan fingerprint density at radius 2 is 1.61 bits per heavy atom. The van der Waals surface area contributed by atoms with Crippen LogP contribution in [0, 0.1) is 0 Å². The Labute approximate surface area is 183 Å². The van der Waals surface area contributed by atoms with Crippen LogP contribution < -0.4 is 4.74 Å². The van der Waals surface area contributed by atoms with Crippen LogP contribution in [0.1, 0.15) is 63.1 Å². The van der Waals surface area contributed by atoms with Crippen LogP contribution in [-0.2, 0) is 9.59 Å². The van der Waals surface area contributed by atoms with Gasteiger partial charge in [0, 0.05) is 11.6 Å². The molecule has 4 rings (SSSR count). The number of Topliss-reactive ketones (excluding diaryl/α,β-unsaturated/α-hetero) is 1.